The van der Waals surface area contributed by atoms with Gasteiger partial charge in [-0.1, -0.05) is 11.2 Å². The molecule has 20 heavy (non-hydrogen) atoms. The van der Waals surface area contributed by atoms with E-state index in [1.807, 2.05) is 6.07 Å². The Balaban J connectivity index is 2.71. The van der Waals surface area contributed by atoms with Gasteiger partial charge in [0.25, 0.3) is 0 Å². The largest absolute Gasteiger partial charge is 0.496 e. The maximum absolute atomic E-state index is 11.4. The summed E-state index contributed by atoms with van der Waals surface area (Å²) < 4.78 is 5.20. The Hall–Kier alpha value is -2.28. The van der Waals surface area contributed by atoms with E-state index in [-0.39, 0.29) is 18.3 Å². The van der Waals surface area contributed by atoms with Crippen LogP contribution in [0.1, 0.15) is 11.1 Å². The maximum atomic E-state index is 11.4. The van der Waals surface area contributed by atoms with Crippen LogP contribution in [0.15, 0.2) is 23.4 Å². The SMILES string of the molecule is COc1cc(CNCC(=O)N(C)C)ccc1/C(N)=N/O. The van der Waals surface area contributed by atoms with E-state index in [1.165, 1.54) is 12.0 Å². The second kappa shape index (κ2) is 7.34. The molecule has 0 fully saturated rings. The number of ether oxygens (including phenoxy) is 1. The van der Waals surface area contributed by atoms with E-state index in [1.54, 1.807) is 26.2 Å². The number of nitrogens with zero attached hydrogens (tertiary/aromatic N) is 2. The van der Waals surface area contributed by atoms with Crippen LogP contribution in [0.3, 0.4) is 0 Å². The van der Waals surface area contributed by atoms with Gasteiger partial charge in [-0.3, -0.25) is 4.79 Å². The van der Waals surface area contributed by atoms with Gasteiger partial charge in [0.2, 0.25) is 5.91 Å². The van der Waals surface area contributed by atoms with Crippen molar-refractivity contribution in [2.24, 2.45) is 10.9 Å². The molecular weight excluding hydrogens is 260 g/mol. The highest BCUT2D eigenvalue weighted by molar-refractivity contribution is 5.99. The third-order valence-corrected chi connectivity index (χ3v) is 2.75. The molecule has 1 aromatic rings. The summed E-state index contributed by atoms with van der Waals surface area (Å²) in [5, 5.41) is 14.7. The number of methoxy groups -OCH3 is 1. The van der Waals surface area contributed by atoms with E-state index < -0.39 is 0 Å². The third-order valence-electron chi connectivity index (χ3n) is 2.75. The van der Waals surface area contributed by atoms with Crippen molar-refractivity contribution in [2.45, 2.75) is 6.54 Å². The molecule has 0 aromatic heterocycles. The highest BCUT2D eigenvalue weighted by atomic mass is 16.5. The number of amidine groups is 1. The first-order chi connectivity index (χ1) is 9.49. The molecule has 0 spiro atoms. The van der Waals surface area contributed by atoms with Crippen LogP contribution in [0.5, 0.6) is 5.75 Å². The molecule has 110 valence electrons. The lowest BCUT2D eigenvalue weighted by Gasteiger charge is -2.12. The maximum Gasteiger partial charge on any atom is 0.236 e. The zero-order valence-electron chi connectivity index (χ0n) is 11.9. The van der Waals surface area contributed by atoms with Gasteiger partial charge in [-0.25, -0.2) is 0 Å². The molecule has 0 saturated heterocycles. The number of rotatable bonds is 6. The first-order valence-corrected chi connectivity index (χ1v) is 6.05. The van der Waals surface area contributed by atoms with Crippen molar-refractivity contribution in [3.05, 3.63) is 29.3 Å². The summed E-state index contributed by atoms with van der Waals surface area (Å²) in [4.78, 5) is 12.9. The van der Waals surface area contributed by atoms with Crippen molar-refractivity contribution in [3.63, 3.8) is 0 Å². The fourth-order valence-electron chi connectivity index (χ4n) is 1.58. The van der Waals surface area contributed by atoms with E-state index >= 15 is 0 Å². The standard InChI is InChI=1S/C13H20N4O3/c1-17(2)12(18)8-15-7-9-4-5-10(13(14)16-19)11(6-9)20-3/h4-6,15,19H,7-8H2,1-3H3,(H2,14,16). The molecule has 0 aliphatic heterocycles. The number of oxime groups is 1. The number of nitrogens with two attached hydrogens (primary N) is 1. The number of carbonyl (C=O) groups is 1. The number of nitrogens with one attached hydrogen (secondary N) is 1. The second-order valence-corrected chi connectivity index (χ2v) is 4.41. The zero-order valence-corrected chi connectivity index (χ0v) is 11.9. The highest BCUT2D eigenvalue weighted by Gasteiger charge is 2.09. The molecule has 0 aliphatic carbocycles. The monoisotopic (exact) mass is 280 g/mol. The lowest BCUT2D eigenvalue weighted by molar-refractivity contribution is -0.127. The van der Waals surface area contributed by atoms with Crippen LogP contribution in [0, 0.1) is 0 Å². The minimum atomic E-state index is -0.0101. The van der Waals surface area contributed by atoms with Crippen molar-refractivity contribution >= 4 is 11.7 Å². The van der Waals surface area contributed by atoms with Gasteiger partial charge in [0.05, 0.1) is 19.2 Å². The lowest BCUT2D eigenvalue weighted by atomic mass is 10.1. The van der Waals surface area contributed by atoms with Gasteiger partial charge < -0.3 is 25.9 Å². The molecule has 7 heteroatoms. The lowest BCUT2D eigenvalue weighted by Crippen LogP contribution is -2.32. The highest BCUT2D eigenvalue weighted by Crippen LogP contribution is 2.19. The van der Waals surface area contributed by atoms with E-state index in [0.29, 0.717) is 17.9 Å². The van der Waals surface area contributed by atoms with Crippen LogP contribution in [-0.4, -0.2) is 49.6 Å². The molecule has 1 rings (SSSR count). The predicted octanol–water partition coefficient (Wildman–Crippen LogP) is -0.0325. The molecule has 0 unspecified atom stereocenters. The van der Waals surface area contributed by atoms with Crippen molar-refractivity contribution in [1.29, 1.82) is 0 Å². The summed E-state index contributed by atoms with van der Waals surface area (Å²) in [7, 11) is 4.92. The third kappa shape index (κ3) is 4.13. The summed E-state index contributed by atoms with van der Waals surface area (Å²) in [5.41, 5.74) is 7.00. The van der Waals surface area contributed by atoms with E-state index in [4.69, 9.17) is 15.7 Å². The van der Waals surface area contributed by atoms with Gasteiger partial charge in [-0.05, 0) is 17.7 Å². The van der Waals surface area contributed by atoms with Crippen molar-refractivity contribution < 1.29 is 14.7 Å². The fourth-order valence-corrected chi connectivity index (χ4v) is 1.58. The van der Waals surface area contributed by atoms with Crippen molar-refractivity contribution in [1.82, 2.24) is 10.2 Å². The Labute approximate surface area is 118 Å². The normalized spacial score (nSPS) is 11.2. The van der Waals surface area contributed by atoms with Crippen LogP contribution >= 0.6 is 0 Å². The van der Waals surface area contributed by atoms with Gasteiger partial charge in [0.1, 0.15) is 5.75 Å². The van der Waals surface area contributed by atoms with Crippen LogP contribution < -0.4 is 15.8 Å². The van der Waals surface area contributed by atoms with Gasteiger partial charge in [0.15, 0.2) is 5.84 Å². The quantitative estimate of drug-likeness (QED) is 0.294. The number of hydrogen-bond acceptors (Lipinski definition) is 5. The minimum absolute atomic E-state index is 0.00486. The number of benzene rings is 1. The van der Waals surface area contributed by atoms with Crippen LogP contribution in [0.2, 0.25) is 0 Å². The first-order valence-electron chi connectivity index (χ1n) is 6.05. The molecule has 1 amide bonds. The van der Waals surface area contributed by atoms with Crippen molar-refractivity contribution in [3.8, 4) is 5.75 Å². The molecule has 0 aliphatic rings. The van der Waals surface area contributed by atoms with Gasteiger partial charge in [-0.15, -0.1) is 0 Å². The second-order valence-electron chi connectivity index (χ2n) is 4.41. The molecule has 1 aromatic carbocycles. The van der Waals surface area contributed by atoms with Crippen LogP contribution in [0.25, 0.3) is 0 Å². The predicted molar refractivity (Wildman–Crippen MR) is 75.9 cm³/mol. The summed E-state index contributed by atoms with van der Waals surface area (Å²) in [5.74, 6) is 0.507. The van der Waals surface area contributed by atoms with E-state index in [0.717, 1.165) is 5.56 Å². The molecule has 0 saturated carbocycles. The van der Waals surface area contributed by atoms with Gasteiger partial charge in [0, 0.05) is 20.6 Å². The number of hydrogen-bond donors (Lipinski definition) is 3. The van der Waals surface area contributed by atoms with E-state index in [9.17, 15) is 4.79 Å². The number of carbonyl (C=O) groups excluding carboxylic acids is 1. The number of amides is 1. The van der Waals surface area contributed by atoms with Gasteiger partial charge >= 0.3 is 0 Å². The molecular formula is C13H20N4O3. The number of likely N-dealkylation sites (N-methyl/N-ethyl adjacent to an activating group) is 1. The summed E-state index contributed by atoms with van der Waals surface area (Å²) >= 11 is 0. The Morgan fingerprint density at radius 2 is 2.20 bits per heavy atom. The molecule has 4 N–H and O–H groups in total. The summed E-state index contributed by atoms with van der Waals surface area (Å²) in [6.07, 6.45) is 0. The molecule has 0 bridgehead atoms. The van der Waals surface area contributed by atoms with Crippen LogP contribution in [-0.2, 0) is 11.3 Å². The average Bonchev–Trinajstić information content (AvgIpc) is 2.45. The van der Waals surface area contributed by atoms with Gasteiger partial charge in [-0.2, -0.15) is 0 Å². The Kier molecular flexibility index (Phi) is 5.79. The minimum Gasteiger partial charge on any atom is -0.496 e. The molecule has 0 atom stereocenters. The summed E-state index contributed by atoms with van der Waals surface area (Å²) in [6, 6.07) is 5.31. The van der Waals surface area contributed by atoms with Crippen LogP contribution in [0.4, 0.5) is 0 Å². The van der Waals surface area contributed by atoms with E-state index in [2.05, 4.69) is 10.5 Å². The van der Waals surface area contributed by atoms with Crippen molar-refractivity contribution in [2.75, 3.05) is 27.7 Å². The average molecular weight is 280 g/mol. The zero-order chi connectivity index (χ0) is 15.1. The smallest absolute Gasteiger partial charge is 0.236 e. The summed E-state index contributed by atoms with van der Waals surface area (Å²) in [6.45, 7) is 0.781. The Morgan fingerprint density at radius 3 is 2.75 bits per heavy atom. The fraction of sp³-hybridized carbons (Fsp3) is 0.385. The molecule has 0 radical (unpaired) electrons. The first kappa shape index (κ1) is 15.8. The molecule has 0 heterocycles. The molecule has 7 nitrogen and oxygen atoms in total. The Morgan fingerprint density at radius 1 is 1.50 bits per heavy atom. The topological polar surface area (TPSA) is 100 Å². The Bertz CT molecular complexity index is 500.